The zero-order valence-electron chi connectivity index (χ0n) is 10.7. The second-order valence-corrected chi connectivity index (χ2v) is 7.96. The highest BCUT2D eigenvalue weighted by atomic mass is 32.2. The minimum atomic E-state index is -3.40. The van der Waals surface area contributed by atoms with Crippen molar-refractivity contribution in [3.05, 3.63) is 16.2 Å². The minimum absolute atomic E-state index is 0.0680. The van der Waals surface area contributed by atoms with E-state index in [4.69, 9.17) is 0 Å². The molecule has 8 heteroatoms. The van der Waals surface area contributed by atoms with Crippen molar-refractivity contribution in [3.8, 4) is 0 Å². The second kappa shape index (κ2) is 5.46. The SMILES string of the molecule is CS(=O)(=O)c1cc([N+](=O)[O-])c(N2CCCCCC2)s1. The highest BCUT2D eigenvalue weighted by Gasteiger charge is 2.27. The summed E-state index contributed by atoms with van der Waals surface area (Å²) in [7, 11) is -3.40. The molecule has 2 rings (SSSR count). The van der Waals surface area contributed by atoms with Crippen molar-refractivity contribution in [2.24, 2.45) is 0 Å². The van der Waals surface area contributed by atoms with E-state index < -0.39 is 14.8 Å². The van der Waals surface area contributed by atoms with Crippen LogP contribution in [-0.2, 0) is 9.84 Å². The quantitative estimate of drug-likeness (QED) is 0.633. The topological polar surface area (TPSA) is 80.5 Å². The van der Waals surface area contributed by atoms with Crippen molar-refractivity contribution >= 4 is 31.9 Å². The minimum Gasteiger partial charge on any atom is -0.358 e. The molecule has 0 unspecified atom stereocenters. The summed E-state index contributed by atoms with van der Waals surface area (Å²) in [6.07, 6.45) is 5.30. The van der Waals surface area contributed by atoms with Gasteiger partial charge in [0.15, 0.2) is 14.8 Å². The van der Waals surface area contributed by atoms with Gasteiger partial charge in [-0.1, -0.05) is 24.2 Å². The Hall–Kier alpha value is -1.15. The van der Waals surface area contributed by atoms with Gasteiger partial charge in [0, 0.05) is 25.4 Å². The molecule has 6 nitrogen and oxygen atoms in total. The van der Waals surface area contributed by atoms with Gasteiger partial charge < -0.3 is 4.90 Å². The molecule has 1 fully saturated rings. The summed E-state index contributed by atoms with van der Waals surface area (Å²) < 4.78 is 23.2. The number of anilines is 1. The number of hydrogen-bond donors (Lipinski definition) is 0. The fourth-order valence-electron chi connectivity index (χ4n) is 2.16. The van der Waals surface area contributed by atoms with Crippen molar-refractivity contribution < 1.29 is 13.3 Å². The molecule has 0 amide bonds. The zero-order chi connectivity index (χ0) is 14.0. The molecule has 1 aliphatic rings. The van der Waals surface area contributed by atoms with Crippen molar-refractivity contribution in [2.45, 2.75) is 29.9 Å². The lowest BCUT2D eigenvalue weighted by molar-refractivity contribution is -0.383. The van der Waals surface area contributed by atoms with E-state index in [1.54, 1.807) is 0 Å². The van der Waals surface area contributed by atoms with Crippen LogP contribution >= 0.6 is 11.3 Å². The van der Waals surface area contributed by atoms with Crippen molar-refractivity contribution in [3.63, 3.8) is 0 Å². The van der Waals surface area contributed by atoms with Gasteiger partial charge in [0.1, 0.15) is 4.21 Å². The maximum Gasteiger partial charge on any atom is 0.305 e. The van der Waals surface area contributed by atoms with Crippen molar-refractivity contribution in [1.29, 1.82) is 0 Å². The van der Waals surface area contributed by atoms with Gasteiger partial charge in [0.2, 0.25) is 0 Å². The van der Waals surface area contributed by atoms with E-state index in [0.29, 0.717) is 5.00 Å². The van der Waals surface area contributed by atoms with Crippen LogP contribution in [-0.4, -0.2) is 32.7 Å². The average Bonchev–Trinajstić information content (AvgIpc) is 2.60. The normalized spacial score (nSPS) is 17.2. The largest absolute Gasteiger partial charge is 0.358 e. The molecule has 0 aromatic carbocycles. The summed E-state index contributed by atoms with van der Waals surface area (Å²) in [6, 6.07) is 1.18. The Morgan fingerprint density at radius 1 is 1.26 bits per heavy atom. The van der Waals surface area contributed by atoms with E-state index >= 15 is 0 Å². The number of hydrogen-bond acceptors (Lipinski definition) is 6. The fourth-order valence-corrected chi connectivity index (χ4v) is 4.24. The van der Waals surface area contributed by atoms with E-state index in [-0.39, 0.29) is 9.90 Å². The van der Waals surface area contributed by atoms with Crippen LogP contribution in [0.4, 0.5) is 10.7 Å². The lowest BCUT2D eigenvalue weighted by atomic mass is 10.2. The summed E-state index contributed by atoms with van der Waals surface area (Å²) >= 11 is 1.01. The van der Waals surface area contributed by atoms with Crippen LogP contribution in [0, 0.1) is 10.1 Å². The van der Waals surface area contributed by atoms with E-state index in [1.807, 2.05) is 4.90 Å². The smallest absolute Gasteiger partial charge is 0.305 e. The molecule has 0 radical (unpaired) electrons. The van der Waals surface area contributed by atoms with E-state index in [0.717, 1.165) is 56.4 Å². The Morgan fingerprint density at radius 3 is 2.32 bits per heavy atom. The Kier molecular flexibility index (Phi) is 4.10. The van der Waals surface area contributed by atoms with Crippen LogP contribution in [0.2, 0.25) is 0 Å². The maximum absolute atomic E-state index is 11.5. The molecule has 0 atom stereocenters. The van der Waals surface area contributed by atoms with Crippen LogP contribution in [0.15, 0.2) is 10.3 Å². The third-order valence-electron chi connectivity index (χ3n) is 3.13. The molecule has 0 N–H and O–H groups in total. The summed E-state index contributed by atoms with van der Waals surface area (Å²) in [5.74, 6) is 0. The number of rotatable bonds is 3. The third-order valence-corrected chi connectivity index (χ3v) is 6.11. The van der Waals surface area contributed by atoms with Crippen LogP contribution < -0.4 is 4.90 Å². The first-order valence-electron chi connectivity index (χ1n) is 6.13. The molecule has 0 saturated carbocycles. The molecular weight excluding hydrogens is 288 g/mol. The molecule has 0 bridgehead atoms. The van der Waals surface area contributed by atoms with Gasteiger partial charge in [-0.2, -0.15) is 0 Å². The summed E-state index contributed by atoms with van der Waals surface area (Å²) in [5, 5.41) is 11.6. The molecule has 0 spiro atoms. The molecule has 0 aliphatic carbocycles. The number of sulfone groups is 1. The Labute approximate surface area is 116 Å². The van der Waals surface area contributed by atoms with Gasteiger partial charge in [-0.15, -0.1) is 0 Å². The Bertz CT molecular complexity index is 572. The van der Waals surface area contributed by atoms with Crippen molar-refractivity contribution in [1.82, 2.24) is 0 Å². The second-order valence-electron chi connectivity index (χ2n) is 4.69. The summed E-state index contributed by atoms with van der Waals surface area (Å²) in [5.41, 5.74) is -0.0904. The van der Waals surface area contributed by atoms with Crippen LogP contribution in [0.3, 0.4) is 0 Å². The van der Waals surface area contributed by atoms with Gasteiger partial charge >= 0.3 is 5.69 Å². The van der Waals surface area contributed by atoms with Crippen LogP contribution in [0.1, 0.15) is 25.7 Å². The van der Waals surface area contributed by atoms with E-state index in [1.165, 1.54) is 6.07 Å². The number of nitro groups is 1. The lowest BCUT2D eigenvalue weighted by Gasteiger charge is -2.19. The summed E-state index contributed by atoms with van der Waals surface area (Å²) in [6.45, 7) is 1.51. The van der Waals surface area contributed by atoms with E-state index in [2.05, 4.69) is 0 Å². The fraction of sp³-hybridized carbons (Fsp3) is 0.636. The zero-order valence-corrected chi connectivity index (χ0v) is 12.3. The van der Waals surface area contributed by atoms with Gasteiger partial charge in [0.25, 0.3) is 0 Å². The van der Waals surface area contributed by atoms with Gasteiger partial charge in [-0.05, 0) is 12.8 Å². The molecular formula is C11H16N2O4S2. The van der Waals surface area contributed by atoms with Crippen LogP contribution in [0.25, 0.3) is 0 Å². The first-order valence-corrected chi connectivity index (χ1v) is 8.83. The first kappa shape index (κ1) is 14.3. The molecule has 19 heavy (non-hydrogen) atoms. The van der Waals surface area contributed by atoms with Crippen LogP contribution in [0.5, 0.6) is 0 Å². The average molecular weight is 304 g/mol. The highest BCUT2D eigenvalue weighted by molar-refractivity contribution is 7.92. The molecule has 1 aliphatic heterocycles. The predicted octanol–water partition coefficient (Wildman–Crippen LogP) is 2.44. The van der Waals surface area contributed by atoms with Gasteiger partial charge in [-0.25, -0.2) is 8.42 Å². The number of thiophene rings is 1. The summed E-state index contributed by atoms with van der Waals surface area (Å²) in [4.78, 5) is 12.5. The first-order chi connectivity index (χ1) is 8.89. The molecule has 1 aromatic rings. The van der Waals surface area contributed by atoms with E-state index in [9.17, 15) is 18.5 Å². The Balaban J connectivity index is 2.42. The lowest BCUT2D eigenvalue weighted by Crippen LogP contribution is -2.23. The monoisotopic (exact) mass is 304 g/mol. The van der Waals surface area contributed by atoms with Crippen molar-refractivity contribution in [2.75, 3.05) is 24.2 Å². The molecule has 1 saturated heterocycles. The Morgan fingerprint density at radius 2 is 1.84 bits per heavy atom. The van der Waals surface area contributed by atoms with Gasteiger partial charge in [0.05, 0.1) is 4.92 Å². The molecule has 106 valence electrons. The standard InChI is InChI=1S/C11H16N2O4S2/c1-19(16,17)10-8-9(13(14)15)11(18-10)12-6-4-2-3-5-7-12/h8H,2-7H2,1H3. The number of nitrogens with zero attached hydrogens (tertiary/aromatic N) is 2. The predicted molar refractivity (Wildman–Crippen MR) is 74.8 cm³/mol. The molecule has 2 heterocycles. The maximum atomic E-state index is 11.5. The molecule has 1 aromatic heterocycles. The van der Waals surface area contributed by atoms with Gasteiger partial charge in [-0.3, -0.25) is 10.1 Å². The highest BCUT2D eigenvalue weighted by Crippen LogP contribution is 2.40. The third kappa shape index (κ3) is 3.24.